The first kappa shape index (κ1) is 17.0. The normalized spacial score (nSPS) is 12.4. The molecule has 23 heavy (non-hydrogen) atoms. The molecule has 0 fully saturated rings. The van der Waals surface area contributed by atoms with Crippen LogP contribution in [0.2, 0.25) is 0 Å². The summed E-state index contributed by atoms with van der Waals surface area (Å²) in [5.74, 6) is -0.220. The summed E-state index contributed by atoms with van der Waals surface area (Å²) < 4.78 is 23.3. The van der Waals surface area contributed by atoms with Crippen molar-refractivity contribution in [2.24, 2.45) is 0 Å². The first-order valence-corrected chi connectivity index (χ1v) is 9.04. The molecular weight excluding hydrogens is 310 g/mol. The summed E-state index contributed by atoms with van der Waals surface area (Å²) >= 11 is 0. The predicted octanol–water partition coefficient (Wildman–Crippen LogP) is 3.12. The number of hydrogen-bond acceptors (Lipinski definition) is 3. The Morgan fingerprint density at radius 3 is 2.35 bits per heavy atom. The Hall–Kier alpha value is -2.40. The van der Waals surface area contributed by atoms with Crippen molar-refractivity contribution in [3.05, 3.63) is 66.7 Å². The Balaban J connectivity index is 2.26. The first-order valence-electron chi connectivity index (χ1n) is 7.14. The molecule has 0 unspecified atom stereocenters. The SMILES string of the molecule is C=CC(=O)N[C@H](C)c1ccc(-c2cccc(S(C)(=O)=O)c2)cc1. The first-order chi connectivity index (χ1) is 10.8. The highest BCUT2D eigenvalue weighted by atomic mass is 32.2. The van der Waals surface area contributed by atoms with Crippen LogP contribution in [0.4, 0.5) is 0 Å². The summed E-state index contributed by atoms with van der Waals surface area (Å²) in [5.41, 5.74) is 2.71. The van der Waals surface area contributed by atoms with Gasteiger partial charge in [-0.2, -0.15) is 0 Å². The average molecular weight is 329 g/mol. The minimum absolute atomic E-state index is 0.128. The topological polar surface area (TPSA) is 63.2 Å². The van der Waals surface area contributed by atoms with Crippen molar-refractivity contribution in [2.45, 2.75) is 17.9 Å². The lowest BCUT2D eigenvalue weighted by Crippen LogP contribution is -2.24. The highest BCUT2D eigenvalue weighted by Crippen LogP contribution is 2.24. The minimum atomic E-state index is -3.23. The number of rotatable bonds is 5. The van der Waals surface area contributed by atoms with E-state index in [1.54, 1.807) is 18.2 Å². The molecule has 0 bridgehead atoms. The van der Waals surface area contributed by atoms with E-state index in [-0.39, 0.29) is 11.9 Å². The minimum Gasteiger partial charge on any atom is -0.346 e. The summed E-state index contributed by atoms with van der Waals surface area (Å²) in [6, 6.07) is 14.4. The Kier molecular flexibility index (Phi) is 5.01. The maximum Gasteiger partial charge on any atom is 0.243 e. The van der Waals surface area contributed by atoms with Crippen LogP contribution >= 0.6 is 0 Å². The van der Waals surface area contributed by atoms with Crippen LogP contribution in [-0.2, 0) is 14.6 Å². The number of carbonyl (C=O) groups excluding carboxylic acids is 1. The number of hydrogen-bond donors (Lipinski definition) is 1. The van der Waals surface area contributed by atoms with E-state index in [4.69, 9.17) is 0 Å². The van der Waals surface area contributed by atoms with E-state index in [1.807, 2.05) is 37.3 Å². The van der Waals surface area contributed by atoms with Gasteiger partial charge >= 0.3 is 0 Å². The van der Waals surface area contributed by atoms with Crippen molar-refractivity contribution in [3.63, 3.8) is 0 Å². The monoisotopic (exact) mass is 329 g/mol. The summed E-state index contributed by atoms with van der Waals surface area (Å²) in [7, 11) is -3.23. The second-order valence-corrected chi connectivity index (χ2v) is 7.37. The molecule has 1 atom stereocenters. The van der Waals surface area contributed by atoms with Crippen LogP contribution in [0.5, 0.6) is 0 Å². The van der Waals surface area contributed by atoms with E-state index < -0.39 is 9.84 Å². The molecule has 1 N–H and O–H groups in total. The molecule has 2 rings (SSSR count). The fraction of sp³-hybridized carbons (Fsp3) is 0.167. The van der Waals surface area contributed by atoms with Gasteiger partial charge in [-0.3, -0.25) is 4.79 Å². The van der Waals surface area contributed by atoms with Crippen LogP contribution < -0.4 is 5.32 Å². The zero-order valence-electron chi connectivity index (χ0n) is 13.1. The number of benzene rings is 2. The number of carbonyl (C=O) groups is 1. The fourth-order valence-corrected chi connectivity index (χ4v) is 2.89. The van der Waals surface area contributed by atoms with Crippen LogP contribution in [-0.4, -0.2) is 20.6 Å². The van der Waals surface area contributed by atoms with E-state index in [1.165, 1.54) is 12.3 Å². The van der Waals surface area contributed by atoms with Crippen molar-refractivity contribution in [3.8, 4) is 11.1 Å². The van der Waals surface area contributed by atoms with Gasteiger partial charge in [0.2, 0.25) is 5.91 Å². The zero-order valence-corrected chi connectivity index (χ0v) is 13.9. The molecule has 0 saturated carbocycles. The number of amides is 1. The molecule has 1 amide bonds. The molecule has 0 aliphatic rings. The van der Waals surface area contributed by atoms with E-state index in [9.17, 15) is 13.2 Å². The molecule has 0 spiro atoms. The molecule has 5 heteroatoms. The quantitative estimate of drug-likeness (QED) is 0.857. The number of nitrogens with one attached hydrogen (secondary N) is 1. The van der Waals surface area contributed by atoms with Crippen molar-refractivity contribution >= 4 is 15.7 Å². The molecule has 2 aromatic carbocycles. The molecule has 0 aliphatic carbocycles. The largest absolute Gasteiger partial charge is 0.346 e. The van der Waals surface area contributed by atoms with Crippen molar-refractivity contribution in [2.75, 3.05) is 6.26 Å². The third kappa shape index (κ3) is 4.29. The highest BCUT2D eigenvalue weighted by Gasteiger charge is 2.10. The third-order valence-electron chi connectivity index (χ3n) is 3.55. The Morgan fingerprint density at radius 1 is 1.13 bits per heavy atom. The van der Waals surface area contributed by atoms with Crippen molar-refractivity contribution in [1.82, 2.24) is 5.32 Å². The summed E-state index contributed by atoms with van der Waals surface area (Å²) in [6.07, 6.45) is 2.43. The maximum atomic E-state index is 11.6. The van der Waals surface area contributed by atoms with Crippen LogP contribution in [0.15, 0.2) is 66.1 Å². The average Bonchev–Trinajstić information content (AvgIpc) is 2.54. The molecule has 0 radical (unpaired) electrons. The van der Waals surface area contributed by atoms with Gasteiger partial charge in [-0.05, 0) is 41.8 Å². The summed E-state index contributed by atoms with van der Waals surface area (Å²) in [6.45, 7) is 5.32. The highest BCUT2D eigenvalue weighted by molar-refractivity contribution is 7.90. The van der Waals surface area contributed by atoms with Gasteiger partial charge in [-0.1, -0.05) is 43.0 Å². The fourth-order valence-electron chi connectivity index (χ4n) is 2.23. The molecule has 0 heterocycles. The van der Waals surface area contributed by atoms with Gasteiger partial charge in [0, 0.05) is 6.26 Å². The Labute approximate surface area is 136 Å². The van der Waals surface area contributed by atoms with Crippen LogP contribution in [0.1, 0.15) is 18.5 Å². The second-order valence-electron chi connectivity index (χ2n) is 5.36. The van der Waals surface area contributed by atoms with E-state index in [0.717, 1.165) is 16.7 Å². The molecular formula is C18H19NO3S. The molecule has 120 valence electrons. The van der Waals surface area contributed by atoms with E-state index >= 15 is 0 Å². The molecule has 2 aromatic rings. The lowest BCUT2D eigenvalue weighted by molar-refractivity contribution is -0.117. The van der Waals surface area contributed by atoms with Crippen LogP contribution in [0, 0.1) is 0 Å². The van der Waals surface area contributed by atoms with Crippen molar-refractivity contribution in [1.29, 1.82) is 0 Å². The van der Waals surface area contributed by atoms with Gasteiger partial charge in [-0.15, -0.1) is 0 Å². The zero-order chi connectivity index (χ0) is 17.0. The summed E-state index contributed by atoms with van der Waals surface area (Å²) in [4.78, 5) is 11.6. The van der Waals surface area contributed by atoms with Gasteiger partial charge in [0.25, 0.3) is 0 Å². The van der Waals surface area contributed by atoms with Crippen LogP contribution in [0.25, 0.3) is 11.1 Å². The van der Waals surface area contributed by atoms with Gasteiger partial charge in [-0.25, -0.2) is 8.42 Å². The number of sulfone groups is 1. The molecule has 0 aliphatic heterocycles. The standard InChI is InChI=1S/C18H19NO3S/c1-4-18(20)19-13(2)14-8-10-15(11-9-14)16-6-5-7-17(12-16)23(3,21)22/h4-13H,1H2,2-3H3,(H,19,20)/t13-/m1/s1. The van der Waals surface area contributed by atoms with E-state index in [2.05, 4.69) is 11.9 Å². The smallest absolute Gasteiger partial charge is 0.243 e. The lowest BCUT2D eigenvalue weighted by Gasteiger charge is -2.13. The molecule has 0 aromatic heterocycles. The van der Waals surface area contributed by atoms with E-state index in [0.29, 0.717) is 4.90 Å². The molecule has 4 nitrogen and oxygen atoms in total. The van der Waals surface area contributed by atoms with Crippen molar-refractivity contribution < 1.29 is 13.2 Å². The van der Waals surface area contributed by atoms with Gasteiger partial charge in [0.1, 0.15) is 0 Å². The van der Waals surface area contributed by atoms with Crippen LogP contribution in [0.3, 0.4) is 0 Å². The molecule has 0 saturated heterocycles. The van der Waals surface area contributed by atoms with Gasteiger partial charge in [0.15, 0.2) is 9.84 Å². The maximum absolute atomic E-state index is 11.6. The third-order valence-corrected chi connectivity index (χ3v) is 4.66. The Bertz CT molecular complexity index is 824. The predicted molar refractivity (Wildman–Crippen MR) is 91.7 cm³/mol. The lowest BCUT2D eigenvalue weighted by atomic mass is 10.0. The van der Waals surface area contributed by atoms with Gasteiger partial charge < -0.3 is 5.32 Å². The Morgan fingerprint density at radius 2 is 1.78 bits per heavy atom. The summed E-state index contributed by atoms with van der Waals surface area (Å²) in [5, 5.41) is 2.80. The van der Waals surface area contributed by atoms with Gasteiger partial charge in [0.05, 0.1) is 10.9 Å². The second kappa shape index (κ2) is 6.79.